The van der Waals surface area contributed by atoms with Crippen molar-refractivity contribution in [2.75, 3.05) is 6.61 Å². The third-order valence-electron chi connectivity index (χ3n) is 3.89. The molecule has 0 saturated carbocycles. The van der Waals surface area contributed by atoms with Gasteiger partial charge < -0.3 is 14.9 Å². The van der Waals surface area contributed by atoms with Gasteiger partial charge in [-0.15, -0.1) is 0 Å². The van der Waals surface area contributed by atoms with Gasteiger partial charge in [-0.05, 0) is 43.4 Å². The molecule has 0 saturated heterocycles. The summed E-state index contributed by atoms with van der Waals surface area (Å²) < 4.78 is 5.60. The van der Waals surface area contributed by atoms with Crippen molar-refractivity contribution in [1.29, 1.82) is 0 Å². The summed E-state index contributed by atoms with van der Waals surface area (Å²) in [5.74, 6) is -3.28. The molecule has 1 aromatic carbocycles. The molecule has 0 atom stereocenters. The molecule has 0 fully saturated rings. The molecule has 0 spiro atoms. The summed E-state index contributed by atoms with van der Waals surface area (Å²) in [4.78, 5) is 21.6. The van der Waals surface area contributed by atoms with Gasteiger partial charge in [0.2, 0.25) is 0 Å². The van der Waals surface area contributed by atoms with Crippen molar-refractivity contribution in [2.24, 2.45) is 5.92 Å². The molecule has 5 heteroatoms. The van der Waals surface area contributed by atoms with Gasteiger partial charge in [0.15, 0.2) is 5.92 Å². The van der Waals surface area contributed by atoms with Crippen LogP contribution < -0.4 is 4.74 Å². The van der Waals surface area contributed by atoms with Crippen molar-refractivity contribution >= 4 is 18.0 Å². The zero-order chi connectivity index (χ0) is 18.5. The van der Waals surface area contributed by atoms with Crippen LogP contribution in [0, 0.1) is 5.92 Å². The number of benzene rings is 1. The largest absolute Gasteiger partial charge is 0.494 e. The zero-order valence-electron chi connectivity index (χ0n) is 14.8. The summed E-state index contributed by atoms with van der Waals surface area (Å²) in [5.41, 5.74) is 1.06. The van der Waals surface area contributed by atoms with Gasteiger partial charge in [0, 0.05) is 0 Å². The number of carboxylic acids is 2. The molecule has 0 aliphatic heterocycles. The smallest absolute Gasteiger partial charge is 0.317 e. The van der Waals surface area contributed by atoms with Crippen LogP contribution in [0.3, 0.4) is 0 Å². The second-order valence-corrected chi connectivity index (χ2v) is 6.04. The topological polar surface area (TPSA) is 83.8 Å². The van der Waals surface area contributed by atoms with Crippen LogP contribution in [0.2, 0.25) is 0 Å². The number of unbranched alkanes of at least 4 members (excludes halogenated alkanes) is 4. The molecule has 0 heterocycles. The Labute approximate surface area is 149 Å². The Morgan fingerprint density at radius 2 is 1.88 bits per heavy atom. The quantitative estimate of drug-likeness (QED) is 0.401. The molecule has 138 valence electrons. The Morgan fingerprint density at radius 3 is 2.56 bits per heavy atom. The first-order valence-electron chi connectivity index (χ1n) is 8.89. The van der Waals surface area contributed by atoms with Gasteiger partial charge in [0.25, 0.3) is 0 Å². The van der Waals surface area contributed by atoms with Crippen molar-refractivity contribution in [1.82, 2.24) is 0 Å². The Balaban J connectivity index is 2.36. The lowest BCUT2D eigenvalue weighted by atomic mass is 10.0. The van der Waals surface area contributed by atoms with Crippen molar-refractivity contribution in [3.63, 3.8) is 0 Å². The molecule has 2 N–H and O–H groups in total. The van der Waals surface area contributed by atoms with E-state index in [1.807, 2.05) is 24.3 Å². The molecule has 0 aliphatic carbocycles. The number of rotatable bonds is 13. The second-order valence-electron chi connectivity index (χ2n) is 6.04. The average Bonchev–Trinajstić information content (AvgIpc) is 2.57. The van der Waals surface area contributed by atoms with E-state index in [4.69, 9.17) is 14.9 Å². The van der Waals surface area contributed by atoms with Gasteiger partial charge in [-0.2, -0.15) is 0 Å². The third kappa shape index (κ3) is 8.94. The molecular weight excluding hydrogens is 320 g/mol. The van der Waals surface area contributed by atoms with E-state index in [2.05, 4.69) is 19.1 Å². The Hall–Kier alpha value is -2.30. The third-order valence-corrected chi connectivity index (χ3v) is 3.89. The molecule has 0 aromatic heterocycles. The molecule has 25 heavy (non-hydrogen) atoms. The summed E-state index contributed by atoms with van der Waals surface area (Å²) in [6.45, 7) is 2.49. The minimum Gasteiger partial charge on any atom is -0.494 e. The minimum atomic E-state index is -1.37. The van der Waals surface area contributed by atoms with Crippen LogP contribution in [0.4, 0.5) is 0 Å². The maximum Gasteiger partial charge on any atom is 0.317 e. The molecule has 0 bridgehead atoms. The number of allylic oxidation sites excluding steroid dienone is 1. The van der Waals surface area contributed by atoms with E-state index in [1.165, 1.54) is 25.7 Å². The standard InChI is InChI=1S/C20H28O5/c1-2-3-4-5-6-7-10-16-11-8-12-17(15-16)25-14-9-13-18(19(21)22)20(23)24/h7-8,10-12,15,18H,2-6,9,13-14H2,1H3,(H,21,22)(H,23,24). The fraction of sp³-hybridized carbons (Fsp3) is 0.500. The van der Waals surface area contributed by atoms with Gasteiger partial charge >= 0.3 is 11.9 Å². The highest BCUT2D eigenvalue weighted by molar-refractivity contribution is 5.92. The maximum atomic E-state index is 10.8. The van der Waals surface area contributed by atoms with E-state index < -0.39 is 17.9 Å². The summed E-state index contributed by atoms with van der Waals surface area (Å²) >= 11 is 0. The SMILES string of the molecule is CCCCCCC=Cc1cccc(OCCCC(C(=O)O)C(=O)O)c1. The maximum absolute atomic E-state index is 10.8. The van der Waals surface area contributed by atoms with E-state index in [9.17, 15) is 9.59 Å². The Bertz CT molecular complexity index is 551. The molecule has 1 rings (SSSR count). The molecule has 0 amide bonds. The highest BCUT2D eigenvalue weighted by atomic mass is 16.5. The van der Waals surface area contributed by atoms with Crippen LogP contribution in [0.15, 0.2) is 30.3 Å². The summed E-state index contributed by atoms with van der Waals surface area (Å²) in [7, 11) is 0. The van der Waals surface area contributed by atoms with Crippen LogP contribution in [0.25, 0.3) is 6.08 Å². The van der Waals surface area contributed by atoms with Crippen LogP contribution in [-0.2, 0) is 9.59 Å². The lowest BCUT2D eigenvalue weighted by Gasteiger charge is -2.09. The summed E-state index contributed by atoms with van der Waals surface area (Å²) in [6.07, 6.45) is 10.7. The van der Waals surface area contributed by atoms with Gasteiger partial charge in [-0.25, -0.2) is 0 Å². The number of hydrogen-bond donors (Lipinski definition) is 2. The predicted octanol–water partition coefficient (Wildman–Crippen LogP) is 4.61. The average molecular weight is 348 g/mol. The Kier molecular flexibility index (Phi) is 10.1. The van der Waals surface area contributed by atoms with E-state index in [0.29, 0.717) is 18.8 Å². The summed E-state index contributed by atoms with van der Waals surface area (Å²) in [5, 5.41) is 17.6. The highest BCUT2D eigenvalue weighted by Crippen LogP contribution is 2.16. The molecular formula is C20H28O5. The first kappa shape index (κ1) is 20.7. The monoisotopic (exact) mass is 348 g/mol. The molecule has 0 unspecified atom stereocenters. The lowest BCUT2D eigenvalue weighted by Crippen LogP contribution is -2.23. The number of carboxylic acid groups (broad SMARTS) is 2. The summed E-state index contributed by atoms with van der Waals surface area (Å²) in [6, 6.07) is 7.67. The van der Waals surface area contributed by atoms with Crippen molar-refractivity contribution < 1.29 is 24.5 Å². The van der Waals surface area contributed by atoms with E-state index in [-0.39, 0.29) is 6.42 Å². The van der Waals surface area contributed by atoms with Crippen LogP contribution in [0.1, 0.15) is 57.4 Å². The molecule has 0 aliphatic rings. The molecule has 5 nitrogen and oxygen atoms in total. The van der Waals surface area contributed by atoms with E-state index in [1.54, 1.807) is 0 Å². The van der Waals surface area contributed by atoms with Gasteiger partial charge in [-0.3, -0.25) is 9.59 Å². The Morgan fingerprint density at radius 1 is 1.12 bits per heavy atom. The highest BCUT2D eigenvalue weighted by Gasteiger charge is 2.24. The minimum absolute atomic E-state index is 0.0576. The van der Waals surface area contributed by atoms with Crippen LogP contribution in [0.5, 0.6) is 5.75 Å². The van der Waals surface area contributed by atoms with E-state index in [0.717, 1.165) is 12.0 Å². The first-order chi connectivity index (χ1) is 12.0. The number of aliphatic carboxylic acids is 2. The van der Waals surface area contributed by atoms with Crippen molar-refractivity contribution in [2.45, 2.75) is 51.9 Å². The second kappa shape index (κ2) is 12.1. The van der Waals surface area contributed by atoms with Gasteiger partial charge in [0.1, 0.15) is 5.75 Å². The fourth-order valence-electron chi connectivity index (χ4n) is 2.45. The number of ether oxygens (including phenoxy) is 1. The first-order valence-corrected chi connectivity index (χ1v) is 8.89. The van der Waals surface area contributed by atoms with Crippen molar-refractivity contribution in [3.8, 4) is 5.75 Å². The zero-order valence-corrected chi connectivity index (χ0v) is 14.8. The predicted molar refractivity (Wildman–Crippen MR) is 97.7 cm³/mol. The normalized spacial score (nSPS) is 11.1. The van der Waals surface area contributed by atoms with Crippen molar-refractivity contribution in [3.05, 3.63) is 35.9 Å². The number of carbonyl (C=O) groups is 2. The van der Waals surface area contributed by atoms with Gasteiger partial charge in [0.05, 0.1) is 6.61 Å². The van der Waals surface area contributed by atoms with Crippen LogP contribution in [-0.4, -0.2) is 28.8 Å². The van der Waals surface area contributed by atoms with E-state index >= 15 is 0 Å². The fourth-order valence-corrected chi connectivity index (χ4v) is 2.45. The molecule has 0 radical (unpaired) electrons. The lowest BCUT2D eigenvalue weighted by molar-refractivity contribution is -0.154. The molecule has 1 aromatic rings. The van der Waals surface area contributed by atoms with Crippen LogP contribution >= 0.6 is 0 Å². The number of hydrogen-bond acceptors (Lipinski definition) is 3. The van der Waals surface area contributed by atoms with Gasteiger partial charge in [-0.1, -0.05) is 50.5 Å².